The highest BCUT2D eigenvalue weighted by Gasteiger charge is 2.26. The molecule has 0 amide bonds. The zero-order valence-corrected chi connectivity index (χ0v) is 11.6. The van der Waals surface area contributed by atoms with Crippen LogP contribution in [0.2, 0.25) is 0 Å². The number of hydrogen-bond donors (Lipinski definition) is 1. The number of aromatic nitrogens is 2. The number of benzene rings is 1. The largest absolute Gasteiger partial charge is 0.366 e. The van der Waals surface area contributed by atoms with Gasteiger partial charge in [-0.1, -0.05) is 35.5 Å². The van der Waals surface area contributed by atoms with Gasteiger partial charge in [0.05, 0.1) is 6.04 Å². The Morgan fingerprint density at radius 1 is 1.40 bits per heavy atom. The van der Waals surface area contributed by atoms with Crippen molar-refractivity contribution in [2.45, 2.75) is 31.9 Å². The lowest BCUT2D eigenvalue weighted by Crippen LogP contribution is -2.13. The Morgan fingerprint density at radius 3 is 2.95 bits per heavy atom. The van der Waals surface area contributed by atoms with Crippen LogP contribution < -0.4 is 5.32 Å². The number of rotatable bonds is 5. The molecule has 3 rings (SSSR count). The van der Waals surface area contributed by atoms with Crippen LogP contribution in [0, 0.1) is 0 Å². The molecule has 5 heteroatoms. The average molecular weight is 273 g/mol. The van der Waals surface area contributed by atoms with Crippen molar-refractivity contribution >= 4 is 0 Å². The maximum Gasteiger partial charge on any atom is 0.243 e. The third-order valence-electron chi connectivity index (χ3n) is 3.49. The molecule has 2 unspecified atom stereocenters. The fourth-order valence-corrected chi connectivity index (χ4v) is 2.50. The summed E-state index contributed by atoms with van der Waals surface area (Å²) < 4.78 is 11.2. The molecule has 1 aliphatic rings. The minimum absolute atomic E-state index is 0.189. The van der Waals surface area contributed by atoms with Crippen molar-refractivity contribution < 1.29 is 9.26 Å². The minimum Gasteiger partial charge on any atom is -0.366 e. The first-order chi connectivity index (χ1) is 9.88. The second-order valence-electron chi connectivity index (χ2n) is 4.89. The van der Waals surface area contributed by atoms with E-state index >= 15 is 0 Å². The molecule has 0 spiro atoms. The van der Waals surface area contributed by atoms with Gasteiger partial charge in [0.25, 0.3) is 0 Å². The molecule has 1 aliphatic heterocycles. The number of hydrogen-bond acceptors (Lipinski definition) is 5. The summed E-state index contributed by atoms with van der Waals surface area (Å²) in [6, 6.07) is 10.2. The third-order valence-corrected chi connectivity index (χ3v) is 3.49. The second-order valence-corrected chi connectivity index (χ2v) is 4.89. The summed E-state index contributed by atoms with van der Waals surface area (Å²) in [5, 5.41) is 7.46. The molecule has 0 bridgehead atoms. The van der Waals surface area contributed by atoms with Gasteiger partial charge >= 0.3 is 0 Å². The van der Waals surface area contributed by atoms with E-state index < -0.39 is 0 Å². The molecule has 1 N–H and O–H groups in total. The lowest BCUT2D eigenvalue weighted by atomic mass is 10.1. The molecule has 1 fully saturated rings. The topological polar surface area (TPSA) is 60.2 Å². The van der Waals surface area contributed by atoms with Gasteiger partial charge in [-0.3, -0.25) is 0 Å². The summed E-state index contributed by atoms with van der Waals surface area (Å²) in [5.74, 6) is 1.26. The lowest BCUT2D eigenvalue weighted by Gasteiger charge is -2.13. The highest BCUT2D eigenvalue weighted by molar-refractivity contribution is 5.22. The van der Waals surface area contributed by atoms with Crippen LogP contribution >= 0.6 is 0 Å². The molecule has 106 valence electrons. The fourth-order valence-electron chi connectivity index (χ4n) is 2.50. The second kappa shape index (κ2) is 6.15. The van der Waals surface area contributed by atoms with E-state index in [0.29, 0.717) is 18.3 Å². The van der Waals surface area contributed by atoms with Gasteiger partial charge in [-0.2, -0.15) is 4.98 Å². The van der Waals surface area contributed by atoms with E-state index in [-0.39, 0.29) is 12.1 Å². The van der Waals surface area contributed by atoms with Gasteiger partial charge in [0, 0.05) is 6.61 Å². The predicted molar refractivity (Wildman–Crippen MR) is 74.2 cm³/mol. The summed E-state index contributed by atoms with van der Waals surface area (Å²) >= 11 is 0. The van der Waals surface area contributed by atoms with Gasteiger partial charge in [0.15, 0.2) is 0 Å². The predicted octanol–water partition coefficient (Wildman–Crippen LogP) is 2.62. The summed E-state index contributed by atoms with van der Waals surface area (Å²) in [5.41, 5.74) is 1.04. The molecular formula is C15H19N3O2. The van der Waals surface area contributed by atoms with E-state index in [1.54, 1.807) is 0 Å². The minimum atomic E-state index is -0.264. The fraction of sp³-hybridized carbons (Fsp3) is 0.467. The molecule has 0 aliphatic carbocycles. The Labute approximate surface area is 118 Å². The molecule has 1 saturated heterocycles. The Morgan fingerprint density at radius 2 is 2.25 bits per heavy atom. The van der Waals surface area contributed by atoms with Crippen molar-refractivity contribution in [1.29, 1.82) is 0 Å². The molecule has 5 nitrogen and oxygen atoms in total. The molecule has 20 heavy (non-hydrogen) atoms. The van der Waals surface area contributed by atoms with Gasteiger partial charge < -0.3 is 14.6 Å². The zero-order chi connectivity index (χ0) is 13.8. The number of nitrogens with one attached hydrogen (secondary N) is 1. The third kappa shape index (κ3) is 2.73. The van der Waals surface area contributed by atoms with Gasteiger partial charge in [-0.25, -0.2) is 0 Å². The van der Waals surface area contributed by atoms with Crippen molar-refractivity contribution in [1.82, 2.24) is 15.5 Å². The molecule has 1 aromatic heterocycles. The van der Waals surface area contributed by atoms with Gasteiger partial charge in [0.2, 0.25) is 11.7 Å². The summed E-state index contributed by atoms with van der Waals surface area (Å²) in [4.78, 5) is 4.52. The Hall–Kier alpha value is -1.72. The highest BCUT2D eigenvalue weighted by atomic mass is 16.5. The van der Waals surface area contributed by atoms with Crippen LogP contribution in [0.15, 0.2) is 34.9 Å². The van der Waals surface area contributed by atoms with Gasteiger partial charge in [-0.15, -0.1) is 0 Å². The van der Waals surface area contributed by atoms with Gasteiger partial charge in [-0.05, 0) is 31.9 Å². The van der Waals surface area contributed by atoms with Crippen LogP contribution in [0.25, 0.3) is 0 Å². The Kier molecular flexibility index (Phi) is 4.08. The van der Waals surface area contributed by atoms with E-state index in [9.17, 15) is 0 Å². The maximum absolute atomic E-state index is 5.78. The SMILES string of the molecule is CCOC(c1ccccc1)c1noc(C2CCCN2)n1. The van der Waals surface area contributed by atoms with Crippen LogP contribution in [0.1, 0.15) is 49.2 Å². The van der Waals surface area contributed by atoms with E-state index in [4.69, 9.17) is 9.26 Å². The van der Waals surface area contributed by atoms with Crippen molar-refractivity contribution in [3.8, 4) is 0 Å². The van der Waals surface area contributed by atoms with Crippen LogP contribution in [0.5, 0.6) is 0 Å². The maximum atomic E-state index is 5.78. The van der Waals surface area contributed by atoms with Crippen molar-refractivity contribution in [3.05, 3.63) is 47.6 Å². The monoisotopic (exact) mass is 273 g/mol. The van der Waals surface area contributed by atoms with Crippen LogP contribution in [0.3, 0.4) is 0 Å². The highest BCUT2D eigenvalue weighted by Crippen LogP contribution is 2.27. The zero-order valence-electron chi connectivity index (χ0n) is 11.6. The van der Waals surface area contributed by atoms with E-state index in [2.05, 4.69) is 15.5 Å². The Balaban J connectivity index is 1.84. The quantitative estimate of drug-likeness (QED) is 0.907. The van der Waals surface area contributed by atoms with Crippen LogP contribution in [0.4, 0.5) is 0 Å². The molecule has 0 saturated carbocycles. The first kappa shape index (κ1) is 13.3. The summed E-state index contributed by atoms with van der Waals surface area (Å²) in [7, 11) is 0. The van der Waals surface area contributed by atoms with Crippen molar-refractivity contribution in [2.24, 2.45) is 0 Å². The first-order valence-electron chi connectivity index (χ1n) is 7.12. The van der Waals surface area contributed by atoms with Gasteiger partial charge in [0.1, 0.15) is 6.10 Å². The van der Waals surface area contributed by atoms with Crippen molar-refractivity contribution in [3.63, 3.8) is 0 Å². The van der Waals surface area contributed by atoms with Crippen LogP contribution in [-0.2, 0) is 4.74 Å². The first-order valence-corrected chi connectivity index (χ1v) is 7.12. The Bertz CT molecular complexity index is 535. The molecule has 1 aromatic carbocycles. The van der Waals surface area contributed by atoms with Crippen molar-refractivity contribution in [2.75, 3.05) is 13.2 Å². The lowest BCUT2D eigenvalue weighted by molar-refractivity contribution is 0.0833. The summed E-state index contributed by atoms with van der Waals surface area (Å²) in [6.07, 6.45) is 1.93. The standard InChI is InChI=1S/C15H19N3O2/c1-2-19-13(11-7-4-3-5-8-11)14-17-15(20-18-14)12-9-6-10-16-12/h3-5,7-8,12-13,16H,2,6,9-10H2,1H3. The average Bonchev–Trinajstić information content (AvgIpc) is 3.16. The van der Waals surface area contributed by atoms with E-state index in [1.165, 1.54) is 0 Å². The van der Waals surface area contributed by atoms with E-state index in [0.717, 1.165) is 24.9 Å². The molecule has 0 radical (unpaired) electrons. The molecule has 2 heterocycles. The summed E-state index contributed by atoms with van der Waals surface area (Å²) in [6.45, 7) is 3.58. The van der Waals surface area contributed by atoms with E-state index in [1.807, 2.05) is 37.3 Å². The smallest absolute Gasteiger partial charge is 0.243 e. The molecular weight excluding hydrogens is 254 g/mol. The normalized spacial score (nSPS) is 20.1. The number of nitrogens with zero attached hydrogens (tertiary/aromatic N) is 2. The molecule has 2 atom stereocenters. The molecule has 2 aromatic rings. The van der Waals surface area contributed by atoms with Crippen LogP contribution in [-0.4, -0.2) is 23.3 Å². The number of ether oxygens (including phenoxy) is 1.